The molecule has 0 aromatic heterocycles. The van der Waals surface area contributed by atoms with E-state index in [4.69, 9.17) is 10.5 Å². The van der Waals surface area contributed by atoms with Crippen LogP contribution in [-0.2, 0) is 9.53 Å². The van der Waals surface area contributed by atoms with E-state index in [1.165, 1.54) is 19.1 Å². The second-order valence-electron chi connectivity index (χ2n) is 6.14. The van der Waals surface area contributed by atoms with E-state index in [1.54, 1.807) is 0 Å². The van der Waals surface area contributed by atoms with Crippen LogP contribution in [0.5, 0.6) is 0 Å². The summed E-state index contributed by atoms with van der Waals surface area (Å²) in [6.45, 7) is 0. The lowest BCUT2D eigenvalue weighted by Crippen LogP contribution is -2.49. The number of hydrogen-bond donors (Lipinski definition) is 1. The first-order valence-corrected chi connectivity index (χ1v) is 8.45. The molecule has 2 saturated heterocycles. The molecule has 1 aromatic carbocycles. The fourth-order valence-corrected chi connectivity index (χ4v) is 4.58. The van der Waals surface area contributed by atoms with Gasteiger partial charge in [-0.1, -0.05) is 6.07 Å². The number of esters is 1. The van der Waals surface area contributed by atoms with Crippen molar-refractivity contribution >= 4 is 34.2 Å². The van der Waals surface area contributed by atoms with Crippen LogP contribution in [0.25, 0.3) is 0 Å². The second kappa shape index (κ2) is 5.76. The van der Waals surface area contributed by atoms with Crippen LogP contribution >= 0.6 is 22.6 Å². The molecule has 0 aliphatic carbocycles. The number of methoxy groups -OCH3 is 1. The minimum absolute atomic E-state index is 0.0711. The maximum Gasteiger partial charge on any atom is 0.310 e. The predicted octanol–water partition coefficient (Wildman–Crippen LogP) is 2.61. The van der Waals surface area contributed by atoms with Crippen LogP contribution in [0.1, 0.15) is 30.7 Å². The third kappa shape index (κ3) is 2.54. The molecule has 2 aliphatic heterocycles. The quantitative estimate of drug-likeness (QED) is 0.471. The summed E-state index contributed by atoms with van der Waals surface area (Å²) >= 11 is 2.26. The molecule has 2 bridgehead atoms. The van der Waals surface area contributed by atoms with E-state index in [0.717, 1.165) is 22.1 Å². The third-order valence-corrected chi connectivity index (χ3v) is 6.13. The summed E-state index contributed by atoms with van der Waals surface area (Å²) in [7, 11) is 3.63. The summed E-state index contributed by atoms with van der Waals surface area (Å²) in [5, 5.41) is 0. The number of nitrogens with two attached hydrogens (primary N) is 1. The number of piperidine rings is 1. The van der Waals surface area contributed by atoms with Gasteiger partial charge in [-0.3, -0.25) is 9.69 Å². The summed E-state index contributed by atoms with van der Waals surface area (Å²) in [6, 6.07) is 7.03. The van der Waals surface area contributed by atoms with Crippen molar-refractivity contribution in [1.29, 1.82) is 0 Å². The molecular weight excluding hydrogens is 379 g/mol. The van der Waals surface area contributed by atoms with Gasteiger partial charge in [-0.2, -0.15) is 0 Å². The summed E-state index contributed by atoms with van der Waals surface area (Å²) in [6.07, 6.45) is 3.29. The molecule has 4 nitrogen and oxygen atoms in total. The normalized spacial score (nSPS) is 32.1. The molecule has 3 rings (SSSR count). The summed E-state index contributed by atoms with van der Waals surface area (Å²) < 4.78 is 6.16. The van der Waals surface area contributed by atoms with E-state index >= 15 is 0 Å². The van der Waals surface area contributed by atoms with Crippen molar-refractivity contribution in [2.75, 3.05) is 19.9 Å². The number of benzene rings is 1. The van der Waals surface area contributed by atoms with Gasteiger partial charge >= 0.3 is 5.97 Å². The van der Waals surface area contributed by atoms with Gasteiger partial charge in [-0.25, -0.2) is 0 Å². The van der Waals surface area contributed by atoms with Gasteiger partial charge in [0, 0.05) is 27.3 Å². The van der Waals surface area contributed by atoms with Gasteiger partial charge in [0.1, 0.15) is 0 Å². The second-order valence-corrected chi connectivity index (χ2v) is 7.30. The maximum atomic E-state index is 12.4. The zero-order valence-electron chi connectivity index (χ0n) is 12.4. The summed E-state index contributed by atoms with van der Waals surface area (Å²) in [5.41, 5.74) is 7.93. The molecule has 0 saturated carbocycles. The largest absolute Gasteiger partial charge is 0.469 e. The number of fused-ring (bicyclic) bond motifs is 2. The number of carbonyl (C=O) groups excluding carboxylic acids is 1. The van der Waals surface area contributed by atoms with Crippen LogP contribution in [0.15, 0.2) is 18.2 Å². The van der Waals surface area contributed by atoms with Crippen molar-refractivity contribution in [3.63, 3.8) is 0 Å². The van der Waals surface area contributed by atoms with Gasteiger partial charge in [0.25, 0.3) is 0 Å². The minimum atomic E-state index is -0.0796. The van der Waals surface area contributed by atoms with E-state index in [-0.39, 0.29) is 17.8 Å². The zero-order valence-corrected chi connectivity index (χ0v) is 14.5. The molecule has 114 valence electrons. The molecule has 2 N–H and O–H groups in total. The van der Waals surface area contributed by atoms with E-state index in [1.807, 2.05) is 6.07 Å². The summed E-state index contributed by atoms with van der Waals surface area (Å²) in [4.78, 5) is 14.7. The molecule has 0 radical (unpaired) electrons. The molecule has 21 heavy (non-hydrogen) atoms. The van der Waals surface area contributed by atoms with Crippen molar-refractivity contribution in [1.82, 2.24) is 4.90 Å². The Labute approximate surface area is 139 Å². The lowest BCUT2D eigenvalue weighted by atomic mass is 9.76. The van der Waals surface area contributed by atoms with Crippen LogP contribution in [0.2, 0.25) is 0 Å². The Morgan fingerprint density at radius 1 is 1.43 bits per heavy atom. The molecule has 2 fully saturated rings. The first kappa shape index (κ1) is 15.1. The molecule has 0 amide bonds. The highest BCUT2D eigenvalue weighted by Crippen LogP contribution is 2.46. The van der Waals surface area contributed by atoms with Crippen LogP contribution in [0.3, 0.4) is 0 Å². The highest BCUT2D eigenvalue weighted by molar-refractivity contribution is 14.1. The Kier molecular flexibility index (Phi) is 4.14. The average Bonchev–Trinajstić information content (AvgIpc) is 2.72. The van der Waals surface area contributed by atoms with Gasteiger partial charge in [0.15, 0.2) is 0 Å². The van der Waals surface area contributed by atoms with Crippen molar-refractivity contribution < 1.29 is 9.53 Å². The topological polar surface area (TPSA) is 55.6 Å². The molecule has 4 atom stereocenters. The van der Waals surface area contributed by atoms with Crippen molar-refractivity contribution in [2.24, 2.45) is 5.92 Å². The third-order valence-electron chi connectivity index (χ3n) is 5.19. The first-order valence-electron chi connectivity index (χ1n) is 7.37. The van der Waals surface area contributed by atoms with Gasteiger partial charge < -0.3 is 10.5 Å². The number of anilines is 1. The monoisotopic (exact) mass is 400 g/mol. The Morgan fingerprint density at radius 2 is 2.19 bits per heavy atom. The van der Waals surface area contributed by atoms with E-state index in [0.29, 0.717) is 12.1 Å². The Balaban J connectivity index is 1.98. The van der Waals surface area contributed by atoms with Crippen LogP contribution in [-0.4, -0.2) is 37.1 Å². The van der Waals surface area contributed by atoms with Crippen molar-refractivity contribution in [3.8, 4) is 0 Å². The predicted molar refractivity (Wildman–Crippen MR) is 91.0 cm³/mol. The molecule has 2 heterocycles. The zero-order chi connectivity index (χ0) is 15.1. The number of halogens is 1. The fourth-order valence-electron chi connectivity index (χ4n) is 4.04. The van der Waals surface area contributed by atoms with E-state index in [2.05, 4.69) is 46.7 Å². The molecule has 2 aliphatic rings. The van der Waals surface area contributed by atoms with Crippen molar-refractivity contribution in [2.45, 2.75) is 37.3 Å². The number of hydrogen-bond acceptors (Lipinski definition) is 4. The fraction of sp³-hybridized carbons (Fsp3) is 0.562. The minimum Gasteiger partial charge on any atom is -0.469 e. The molecule has 0 unspecified atom stereocenters. The maximum absolute atomic E-state index is 12.4. The van der Waals surface area contributed by atoms with Gasteiger partial charge in [0.2, 0.25) is 0 Å². The number of carbonyl (C=O) groups is 1. The highest BCUT2D eigenvalue weighted by atomic mass is 127. The van der Waals surface area contributed by atoms with E-state index in [9.17, 15) is 4.79 Å². The van der Waals surface area contributed by atoms with Crippen molar-refractivity contribution in [3.05, 3.63) is 27.3 Å². The number of rotatable bonds is 2. The van der Waals surface area contributed by atoms with Crippen LogP contribution in [0.4, 0.5) is 5.69 Å². The van der Waals surface area contributed by atoms with Gasteiger partial charge in [-0.15, -0.1) is 0 Å². The number of nitrogen functional groups attached to an aromatic ring is 1. The number of nitrogens with zero attached hydrogens (tertiary/aromatic N) is 1. The Bertz CT molecular complexity index is 563. The molecule has 5 heteroatoms. The van der Waals surface area contributed by atoms with E-state index < -0.39 is 0 Å². The Morgan fingerprint density at radius 3 is 2.86 bits per heavy atom. The lowest BCUT2D eigenvalue weighted by molar-refractivity contribution is -0.150. The molecular formula is C16H21IN2O2. The lowest BCUT2D eigenvalue weighted by Gasteiger charge is -2.41. The molecule has 0 spiro atoms. The Hall–Kier alpha value is -0.820. The van der Waals surface area contributed by atoms with Gasteiger partial charge in [-0.05, 0) is 66.6 Å². The standard InChI is InChI=1S/C16H21IN2O2/c1-19-10-4-6-14(19)15(16(20)21-2)11(8-10)9-3-5-13(18)12(17)7-9/h3,5,7,10-11,14-15H,4,6,8,18H2,1-2H3/t10-,11+,14+,15-/m0/s1. The smallest absolute Gasteiger partial charge is 0.310 e. The average molecular weight is 400 g/mol. The highest BCUT2D eigenvalue weighted by Gasteiger charge is 2.49. The first-order chi connectivity index (χ1) is 10.0. The van der Waals surface area contributed by atoms with Crippen LogP contribution in [0, 0.1) is 9.49 Å². The van der Waals surface area contributed by atoms with Gasteiger partial charge in [0.05, 0.1) is 13.0 Å². The molecule has 1 aromatic rings. The number of ether oxygens (including phenoxy) is 1. The summed E-state index contributed by atoms with van der Waals surface area (Å²) in [5.74, 6) is 0.0856. The van der Waals surface area contributed by atoms with Crippen LogP contribution < -0.4 is 5.73 Å². The SMILES string of the molecule is COC(=O)[C@H]1[C@@H](c2ccc(N)c(I)c2)C[C@@H]2CC[C@H]1N2C.